The van der Waals surface area contributed by atoms with Gasteiger partial charge in [0.25, 0.3) is 5.43 Å². The number of aromatic nitrogens is 2. The molecule has 29 heavy (non-hydrogen) atoms. The number of para-hydroxylation sites is 1. The molecule has 0 aliphatic rings. The van der Waals surface area contributed by atoms with E-state index in [-0.39, 0.29) is 11.4 Å². The zero-order valence-corrected chi connectivity index (χ0v) is 15.5. The average Bonchev–Trinajstić information content (AvgIpc) is 2.70. The maximum Gasteiger partial charge on any atom is 0.387 e. The highest BCUT2D eigenvalue weighted by molar-refractivity contribution is 6.08. The third-order valence-electron chi connectivity index (χ3n) is 3.87. The molecule has 1 aromatic heterocycles. The summed E-state index contributed by atoms with van der Waals surface area (Å²) >= 11 is 0. The average molecular weight is 396 g/mol. The van der Waals surface area contributed by atoms with Gasteiger partial charge in [-0.15, -0.1) is 0 Å². The fourth-order valence-electron chi connectivity index (χ4n) is 2.62. The molecule has 2 N–H and O–H groups in total. The molecule has 0 amide bonds. The van der Waals surface area contributed by atoms with Gasteiger partial charge in [0.1, 0.15) is 0 Å². The van der Waals surface area contributed by atoms with E-state index in [1.54, 1.807) is 42.5 Å². The molecule has 0 fully saturated rings. The van der Waals surface area contributed by atoms with Crippen LogP contribution in [0.3, 0.4) is 0 Å². The molecular formula is C21H18F2N4O2. The van der Waals surface area contributed by atoms with Crippen LogP contribution < -0.4 is 15.9 Å². The number of aryl methyl sites for hydroxylation is 1. The van der Waals surface area contributed by atoms with Crippen molar-refractivity contribution >= 4 is 11.4 Å². The third kappa shape index (κ3) is 4.92. The van der Waals surface area contributed by atoms with Gasteiger partial charge in [0.05, 0.1) is 23.3 Å². The number of hydrogen-bond acceptors (Lipinski definition) is 5. The summed E-state index contributed by atoms with van der Waals surface area (Å²) < 4.78 is 31.5. The minimum atomic E-state index is -3.16. The van der Waals surface area contributed by atoms with E-state index in [4.69, 9.17) is 5.73 Å². The second-order valence-corrected chi connectivity index (χ2v) is 6.02. The van der Waals surface area contributed by atoms with Crippen molar-refractivity contribution in [2.75, 3.05) is 0 Å². The summed E-state index contributed by atoms with van der Waals surface area (Å²) in [7, 11) is 0. The monoisotopic (exact) mass is 396 g/mol. The Balaban J connectivity index is 2.23. The smallest absolute Gasteiger partial charge is 0.387 e. The lowest BCUT2D eigenvalue weighted by atomic mass is 10.2. The van der Waals surface area contributed by atoms with E-state index in [0.717, 1.165) is 11.8 Å². The zero-order chi connectivity index (χ0) is 20.8. The summed E-state index contributed by atoms with van der Waals surface area (Å²) in [6.45, 7) is -1.29. The Hall–Kier alpha value is -3.81. The normalized spacial score (nSPS) is 11.9. The Labute approximate surface area is 165 Å². The highest BCUT2D eigenvalue weighted by Gasteiger charge is 2.18. The zero-order valence-electron chi connectivity index (χ0n) is 15.5. The van der Waals surface area contributed by atoms with Crippen LogP contribution in [0.1, 0.15) is 11.3 Å². The number of alkyl halides is 2. The largest absolute Gasteiger partial charge is 0.429 e. The fourth-order valence-corrected chi connectivity index (χ4v) is 2.62. The highest BCUT2D eigenvalue weighted by Crippen LogP contribution is 2.16. The van der Waals surface area contributed by atoms with Gasteiger partial charge in [-0.1, -0.05) is 30.3 Å². The number of rotatable bonds is 6. The second-order valence-electron chi connectivity index (χ2n) is 6.02. The van der Waals surface area contributed by atoms with E-state index in [0.29, 0.717) is 11.4 Å². The van der Waals surface area contributed by atoms with Gasteiger partial charge in [-0.05, 0) is 49.0 Å². The van der Waals surface area contributed by atoms with Crippen LogP contribution in [0.15, 0.2) is 82.9 Å². The molecule has 2 aromatic carbocycles. The molecule has 1 heterocycles. The van der Waals surface area contributed by atoms with Gasteiger partial charge in [-0.2, -0.15) is 13.9 Å². The summed E-state index contributed by atoms with van der Waals surface area (Å²) in [6.07, 6.45) is 3.70. The van der Waals surface area contributed by atoms with Crippen LogP contribution in [-0.4, -0.2) is 22.1 Å². The molecular weight excluding hydrogens is 378 g/mol. The molecule has 3 rings (SSSR count). The van der Waals surface area contributed by atoms with Crippen LogP contribution in [0.4, 0.5) is 14.5 Å². The lowest BCUT2D eigenvalue weighted by molar-refractivity contribution is -0.0510. The van der Waals surface area contributed by atoms with Gasteiger partial charge in [0, 0.05) is 0 Å². The van der Waals surface area contributed by atoms with E-state index < -0.39 is 17.8 Å². The predicted octanol–water partition coefficient (Wildman–Crippen LogP) is 3.74. The topological polar surface area (TPSA) is 82.5 Å². The van der Waals surface area contributed by atoms with Crippen LogP contribution in [0, 0.1) is 6.92 Å². The molecule has 0 saturated carbocycles. The van der Waals surface area contributed by atoms with Gasteiger partial charge in [0.15, 0.2) is 11.4 Å². The Morgan fingerprint density at radius 3 is 2.62 bits per heavy atom. The van der Waals surface area contributed by atoms with Gasteiger partial charge >= 0.3 is 6.61 Å². The number of nitrogens with two attached hydrogens (primary N) is 1. The van der Waals surface area contributed by atoms with Crippen LogP contribution >= 0.6 is 0 Å². The molecule has 0 atom stereocenters. The summed E-state index contributed by atoms with van der Waals surface area (Å²) in [5.41, 5.74) is 6.68. The minimum absolute atomic E-state index is 0.116. The first-order valence-corrected chi connectivity index (χ1v) is 8.66. The maximum atomic E-state index is 12.9. The summed E-state index contributed by atoms with van der Waals surface area (Å²) in [5.74, 6) is -0.544. The molecule has 0 unspecified atom stereocenters. The lowest BCUT2D eigenvalue weighted by Gasteiger charge is -2.12. The second kappa shape index (κ2) is 8.92. The first-order chi connectivity index (χ1) is 14.0. The van der Waals surface area contributed by atoms with Crippen molar-refractivity contribution in [1.82, 2.24) is 9.78 Å². The van der Waals surface area contributed by atoms with E-state index in [1.807, 2.05) is 19.1 Å². The van der Waals surface area contributed by atoms with Crippen molar-refractivity contribution in [3.8, 4) is 11.4 Å². The Morgan fingerprint density at radius 1 is 1.21 bits per heavy atom. The summed E-state index contributed by atoms with van der Waals surface area (Å²) in [6, 6.07) is 16.0. The standard InChI is InChI=1S/C21H18F2N4O2/c1-14-6-5-9-16(12-14)27-13-18(29-21(22)23)20(28)19(26-27)17(10-11-24)25-15-7-3-2-4-8-15/h2-13,21H,24H2,1H3. The van der Waals surface area contributed by atoms with Crippen molar-refractivity contribution in [2.24, 2.45) is 10.7 Å². The number of ether oxygens (including phenoxy) is 1. The molecule has 0 bridgehead atoms. The summed E-state index contributed by atoms with van der Waals surface area (Å²) in [5, 5.41) is 4.31. The van der Waals surface area contributed by atoms with Gasteiger partial charge < -0.3 is 10.5 Å². The van der Waals surface area contributed by atoms with Crippen molar-refractivity contribution in [2.45, 2.75) is 13.5 Å². The minimum Gasteiger partial charge on any atom is -0.429 e. The van der Waals surface area contributed by atoms with E-state index >= 15 is 0 Å². The van der Waals surface area contributed by atoms with Gasteiger partial charge in [-0.3, -0.25) is 4.79 Å². The van der Waals surface area contributed by atoms with Crippen LogP contribution in [0.2, 0.25) is 0 Å². The molecule has 8 heteroatoms. The molecule has 0 aliphatic heterocycles. The number of allylic oxidation sites excluding steroid dienone is 1. The SMILES string of the molecule is Cc1cccc(-n2cc(OC(F)F)c(=O)c(C(C=CN)=Nc3ccccc3)n2)c1. The Morgan fingerprint density at radius 2 is 1.97 bits per heavy atom. The van der Waals surface area contributed by atoms with E-state index in [9.17, 15) is 13.6 Å². The van der Waals surface area contributed by atoms with Crippen LogP contribution in [0.5, 0.6) is 5.75 Å². The molecule has 0 aliphatic carbocycles. The number of nitrogens with zero attached hydrogens (tertiary/aromatic N) is 3. The quantitative estimate of drug-likeness (QED) is 0.644. The first kappa shape index (κ1) is 19.9. The van der Waals surface area contributed by atoms with Crippen LogP contribution in [-0.2, 0) is 0 Å². The molecule has 0 spiro atoms. The highest BCUT2D eigenvalue weighted by atomic mass is 19.3. The Bertz CT molecular complexity index is 1110. The van der Waals surface area contributed by atoms with Crippen molar-refractivity contribution < 1.29 is 13.5 Å². The number of halogens is 2. The molecule has 0 radical (unpaired) electrons. The third-order valence-corrected chi connectivity index (χ3v) is 3.87. The number of aliphatic imine (C=N–C) groups is 1. The first-order valence-electron chi connectivity index (χ1n) is 8.66. The van der Waals surface area contributed by atoms with Gasteiger partial charge in [0.2, 0.25) is 0 Å². The maximum absolute atomic E-state index is 12.9. The number of benzene rings is 2. The molecule has 148 valence electrons. The van der Waals surface area contributed by atoms with Crippen LogP contribution in [0.25, 0.3) is 5.69 Å². The molecule has 3 aromatic rings. The van der Waals surface area contributed by atoms with E-state index in [2.05, 4.69) is 14.8 Å². The molecule has 0 saturated heterocycles. The van der Waals surface area contributed by atoms with Crippen molar-refractivity contribution in [3.63, 3.8) is 0 Å². The fraction of sp³-hybridized carbons (Fsp3) is 0.0952. The number of hydrogen-bond donors (Lipinski definition) is 1. The summed E-state index contributed by atoms with van der Waals surface area (Å²) in [4.78, 5) is 17.2. The van der Waals surface area contributed by atoms with Crippen molar-refractivity contribution in [1.29, 1.82) is 0 Å². The molecule has 6 nitrogen and oxygen atoms in total. The Kier molecular flexibility index (Phi) is 6.13. The van der Waals surface area contributed by atoms with Gasteiger partial charge in [-0.25, -0.2) is 9.67 Å². The lowest BCUT2D eigenvalue weighted by Crippen LogP contribution is -2.24. The van der Waals surface area contributed by atoms with Crippen molar-refractivity contribution in [3.05, 3.63) is 94.6 Å². The predicted molar refractivity (Wildman–Crippen MR) is 107 cm³/mol. The van der Waals surface area contributed by atoms with E-state index in [1.165, 1.54) is 17.0 Å².